The number of phenols is 1. The molecule has 1 fully saturated rings. The smallest absolute Gasteiger partial charge is 0.293 e. The van der Waals surface area contributed by atoms with Gasteiger partial charge >= 0.3 is 0 Å². The lowest BCUT2D eigenvalue weighted by Gasteiger charge is -2.12. The number of amides is 2. The molecule has 2 aromatic carbocycles. The molecule has 3 rings (SSSR count). The average molecular weight is 500 g/mol. The first-order chi connectivity index (χ1) is 12.5. The van der Waals surface area contributed by atoms with Gasteiger partial charge in [0.2, 0.25) is 0 Å². The van der Waals surface area contributed by atoms with Crippen LogP contribution in [0, 0.1) is 3.57 Å². The fourth-order valence-electron chi connectivity index (χ4n) is 2.62. The molecule has 0 aromatic heterocycles. The zero-order chi connectivity index (χ0) is 18.7. The van der Waals surface area contributed by atoms with E-state index in [1.807, 2.05) is 52.9 Å². The van der Waals surface area contributed by atoms with Crippen molar-refractivity contribution in [3.63, 3.8) is 0 Å². The number of benzene rings is 2. The summed E-state index contributed by atoms with van der Waals surface area (Å²) in [6, 6.07) is 13.1. The Labute approximate surface area is 174 Å². The van der Waals surface area contributed by atoms with Gasteiger partial charge in [-0.05, 0) is 71.0 Å². The lowest BCUT2D eigenvalue weighted by Crippen LogP contribution is -2.29. The summed E-state index contributed by atoms with van der Waals surface area (Å²) in [6.07, 6.45) is 3.02. The third kappa shape index (κ3) is 4.42. The third-order valence-electron chi connectivity index (χ3n) is 3.91. The molecule has 0 spiro atoms. The fraction of sp³-hybridized carbons (Fsp3) is 0.158. The van der Waals surface area contributed by atoms with E-state index in [4.69, 9.17) is 11.6 Å². The van der Waals surface area contributed by atoms with Gasteiger partial charge in [0.15, 0.2) is 0 Å². The van der Waals surface area contributed by atoms with Crippen molar-refractivity contribution < 1.29 is 14.7 Å². The summed E-state index contributed by atoms with van der Waals surface area (Å²) in [5, 5.41) is 10.3. The number of phenolic OH excluding ortho intramolecular Hbond substituents is 1. The van der Waals surface area contributed by atoms with E-state index in [2.05, 4.69) is 0 Å². The molecule has 0 aliphatic carbocycles. The number of aromatic hydroxyl groups is 1. The maximum absolute atomic E-state index is 12.5. The number of nitrogens with zero attached hydrogens (tertiary/aromatic N) is 1. The SMILES string of the molecule is O=C1S/C(=C/c2cc(Cl)cc(I)c2O)C(=O)N1CCCc1ccccc1. The van der Waals surface area contributed by atoms with Crippen LogP contribution in [0.1, 0.15) is 17.5 Å². The monoisotopic (exact) mass is 499 g/mol. The summed E-state index contributed by atoms with van der Waals surface area (Å²) in [5.74, 6) is -0.284. The molecule has 1 N–H and O–H groups in total. The number of thioether (sulfide) groups is 1. The molecular weight excluding hydrogens is 485 g/mol. The van der Waals surface area contributed by atoms with E-state index in [0.29, 0.717) is 32.0 Å². The zero-order valence-corrected chi connectivity index (χ0v) is 17.3. The molecular formula is C19H15ClINO3S. The predicted octanol–water partition coefficient (Wildman–Crippen LogP) is 5.32. The van der Waals surface area contributed by atoms with Crippen LogP contribution in [0.2, 0.25) is 5.02 Å². The van der Waals surface area contributed by atoms with Crippen LogP contribution in [0.15, 0.2) is 47.4 Å². The van der Waals surface area contributed by atoms with E-state index in [0.717, 1.165) is 18.2 Å². The van der Waals surface area contributed by atoms with Gasteiger partial charge in [0.25, 0.3) is 11.1 Å². The molecule has 4 nitrogen and oxygen atoms in total. The predicted molar refractivity (Wildman–Crippen MR) is 113 cm³/mol. The molecule has 2 aromatic rings. The van der Waals surface area contributed by atoms with Crippen LogP contribution in [0.25, 0.3) is 6.08 Å². The van der Waals surface area contributed by atoms with Crippen molar-refractivity contribution in [3.8, 4) is 5.75 Å². The lowest BCUT2D eigenvalue weighted by molar-refractivity contribution is -0.122. The molecule has 1 heterocycles. The van der Waals surface area contributed by atoms with Crippen LogP contribution in [0.5, 0.6) is 5.75 Å². The summed E-state index contributed by atoms with van der Waals surface area (Å²) >= 11 is 8.87. The van der Waals surface area contributed by atoms with Crippen molar-refractivity contribution in [2.24, 2.45) is 0 Å². The number of hydrogen-bond donors (Lipinski definition) is 1. The number of carbonyl (C=O) groups excluding carboxylic acids is 2. The highest BCUT2D eigenvalue weighted by Crippen LogP contribution is 2.36. The van der Waals surface area contributed by atoms with Crippen LogP contribution >= 0.6 is 46.0 Å². The number of imide groups is 1. The van der Waals surface area contributed by atoms with Gasteiger partial charge < -0.3 is 5.11 Å². The maximum atomic E-state index is 12.5. The molecule has 0 radical (unpaired) electrons. The molecule has 0 saturated carbocycles. The third-order valence-corrected chi connectivity index (χ3v) is 5.86. The first-order valence-electron chi connectivity index (χ1n) is 7.93. The first kappa shape index (κ1) is 19.3. The van der Waals surface area contributed by atoms with Gasteiger partial charge in [-0.25, -0.2) is 0 Å². The van der Waals surface area contributed by atoms with Crippen molar-refractivity contribution in [2.45, 2.75) is 12.8 Å². The van der Waals surface area contributed by atoms with Gasteiger partial charge in [-0.2, -0.15) is 0 Å². The van der Waals surface area contributed by atoms with Crippen LogP contribution in [0.4, 0.5) is 4.79 Å². The van der Waals surface area contributed by atoms with Gasteiger partial charge in [0, 0.05) is 17.1 Å². The van der Waals surface area contributed by atoms with Gasteiger partial charge in [-0.3, -0.25) is 14.5 Å². The van der Waals surface area contributed by atoms with Crippen LogP contribution in [-0.2, 0) is 11.2 Å². The Morgan fingerprint density at radius 3 is 2.65 bits per heavy atom. The normalized spacial score (nSPS) is 15.9. The number of carbonyl (C=O) groups is 2. The van der Waals surface area contributed by atoms with Crippen LogP contribution < -0.4 is 0 Å². The first-order valence-corrected chi connectivity index (χ1v) is 10.2. The Morgan fingerprint density at radius 1 is 1.19 bits per heavy atom. The zero-order valence-electron chi connectivity index (χ0n) is 13.6. The molecule has 0 unspecified atom stereocenters. The van der Waals surface area contributed by atoms with E-state index in [9.17, 15) is 14.7 Å². The minimum Gasteiger partial charge on any atom is -0.506 e. The van der Waals surface area contributed by atoms with Crippen molar-refractivity contribution in [1.82, 2.24) is 4.90 Å². The Kier molecular flexibility index (Phi) is 6.26. The summed E-state index contributed by atoms with van der Waals surface area (Å²) in [7, 11) is 0. The van der Waals surface area contributed by atoms with E-state index >= 15 is 0 Å². The summed E-state index contributed by atoms with van der Waals surface area (Å²) in [6.45, 7) is 0.371. The Hall–Kier alpha value is -1.51. The van der Waals surface area contributed by atoms with Crippen molar-refractivity contribution in [1.29, 1.82) is 0 Å². The molecule has 0 atom stereocenters. The van der Waals surface area contributed by atoms with Crippen LogP contribution in [-0.4, -0.2) is 27.7 Å². The molecule has 0 bridgehead atoms. The van der Waals surface area contributed by atoms with Gasteiger partial charge in [-0.15, -0.1) is 0 Å². The van der Waals surface area contributed by atoms with Crippen LogP contribution in [0.3, 0.4) is 0 Å². The second-order valence-corrected chi connectivity index (χ2v) is 8.34. The van der Waals surface area contributed by atoms with Gasteiger partial charge in [-0.1, -0.05) is 41.9 Å². The minimum absolute atomic E-state index is 0.0471. The van der Waals surface area contributed by atoms with E-state index in [-0.39, 0.29) is 16.9 Å². The summed E-state index contributed by atoms with van der Waals surface area (Å²) in [4.78, 5) is 26.3. The molecule has 1 saturated heterocycles. The Morgan fingerprint density at radius 2 is 1.92 bits per heavy atom. The Bertz CT molecular complexity index is 886. The molecule has 1 aliphatic rings. The molecule has 1 aliphatic heterocycles. The Balaban J connectivity index is 1.70. The summed E-state index contributed by atoms with van der Waals surface area (Å²) in [5.41, 5.74) is 1.60. The average Bonchev–Trinajstić information content (AvgIpc) is 2.87. The lowest BCUT2D eigenvalue weighted by atomic mass is 10.1. The highest BCUT2D eigenvalue weighted by atomic mass is 127. The van der Waals surface area contributed by atoms with E-state index in [1.165, 1.54) is 16.5 Å². The highest BCUT2D eigenvalue weighted by Gasteiger charge is 2.34. The quantitative estimate of drug-likeness (QED) is 0.447. The molecule has 2 amide bonds. The number of rotatable bonds is 5. The number of hydrogen-bond acceptors (Lipinski definition) is 4. The van der Waals surface area contributed by atoms with Crippen molar-refractivity contribution >= 4 is 63.2 Å². The largest absolute Gasteiger partial charge is 0.506 e. The highest BCUT2D eigenvalue weighted by molar-refractivity contribution is 14.1. The minimum atomic E-state index is -0.331. The van der Waals surface area contributed by atoms with Crippen molar-refractivity contribution in [2.75, 3.05) is 6.54 Å². The molecule has 134 valence electrons. The number of aryl methyl sites for hydroxylation is 1. The fourth-order valence-corrected chi connectivity index (χ4v) is 4.53. The second-order valence-electron chi connectivity index (χ2n) is 5.75. The summed E-state index contributed by atoms with van der Waals surface area (Å²) < 4.78 is 0.587. The standard InChI is InChI=1S/C19H15ClINO3S/c20-14-9-13(17(23)15(21)11-14)10-16-18(24)22(19(25)26-16)8-4-7-12-5-2-1-3-6-12/h1-3,5-6,9-11,23H,4,7-8H2/b16-10+. The molecule has 26 heavy (non-hydrogen) atoms. The van der Waals surface area contributed by atoms with E-state index in [1.54, 1.807) is 12.1 Å². The van der Waals surface area contributed by atoms with E-state index < -0.39 is 0 Å². The second kappa shape index (κ2) is 8.45. The van der Waals surface area contributed by atoms with Crippen molar-refractivity contribution in [3.05, 3.63) is 67.1 Å². The maximum Gasteiger partial charge on any atom is 0.293 e. The number of halogens is 2. The van der Waals surface area contributed by atoms with Gasteiger partial charge in [0.05, 0.1) is 8.48 Å². The van der Waals surface area contributed by atoms with Gasteiger partial charge in [0.1, 0.15) is 5.75 Å². The topological polar surface area (TPSA) is 57.6 Å². The molecule has 7 heteroatoms.